The number of benzene rings is 1. The Morgan fingerprint density at radius 3 is 2.61 bits per heavy atom. The van der Waals surface area contributed by atoms with Crippen molar-refractivity contribution in [3.63, 3.8) is 0 Å². The molecule has 0 spiro atoms. The third-order valence-corrected chi connectivity index (χ3v) is 5.75. The normalized spacial score (nSPS) is 21.8. The molecule has 1 heterocycles. The van der Waals surface area contributed by atoms with Crippen molar-refractivity contribution in [3.8, 4) is 0 Å². The first-order valence-electron chi connectivity index (χ1n) is 6.44. The number of thioether (sulfide) groups is 1. The van der Waals surface area contributed by atoms with Crippen LogP contribution in [0.1, 0.15) is 24.8 Å². The fourth-order valence-electron chi connectivity index (χ4n) is 2.45. The summed E-state index contributed by atoms with van der Waals surface area (Å²) < 4.78 is 0. The number of halogens is 2. The lowest BCUT2D eigenvalue weighted by molar-refractivity contribution is 0.495. The van der Waals surface area contributed by atoms with Crippen LogP contribution in [-0.4, -0.2) is 24.1 Å². The van der Waals surface area contributed by atoms with Crippen LogP contribution in [-0.2, 0) is 6.42 Å². The van der Waals surface area contributed by atoms with E-state index in [0.717, 1.165) is 22.0 Å². The van der Waals surface area contributed by atoms with E-state index in [2.05, 4.69) is 17.1 Å². The van der Waals surface area contributed by atoms with E-state index < -0.39 is 0 Å². The maximum atomic E-state index is 6.25. The molecule has 1 nitrogen and oxygen atoms in total. The lowest BCUT2D eigenvalue weighted by Crippen LogP contribution is -2.39. The summed E-state index contributed by atoms with van der Waals surface area (Å²) in [6.07, 6.45) is 4.89. The summed E-state index contributed by atoms with van der Waals surface area (Å²) >= 11 is 14.6. The molecule has 0 saturated carbocycles. The SMILES string of the molecule is CNC(Cc1c(Cl)cccc1Cl)C1CCCCS1. The van der Waals surface area contributed by atoms with Crippen LogP contribution in [0.2, 0.25) is 10.0 Å². The molecule has 1 aromatic rings. The molecule has 0 radical (unpaired) electrons. The van der Waals surface area contributed by atoms with Crippen LogP contribution in [0, 0.1) is 0 Å². The van der Waals surface area contributed by atoms with E-state index >= 15 is 0 Å². The van der Waals surface area contributed by atoms with Gasteiger partial charge in [-0.3, -0.25) is 0 Å². The van der Waals surface area contributed by atoms with Gasteiger partial charge in [0.1, 0.15) is 0 Å². The summed E-state index contributed by atoms with van der Waals surface area (Å²) in [5, 5.41) is 5.68. The predicted octanol–water partition coefficient (Wildman–Crippen LogP) is 4.41. The number of rotatable bonds is 4. The Labute approximate surface area is 124 Å². The Morgan fingerprint density at radius 1 is 1.33 bits per heavy atom. The Bertz CT molecular complexity index is 371. The van der Waals surface area contributed by atoms with Gasteiger partial charge >= 0.3 is 0 Å². The van der Waals surface area contributed by atoms with Crippen LogP contribution in [0.4, 0.5) is 0 Å². The minimum Gasteiger partial charge on any atom is -0.316 e. The molecule has 18 heavy (non-hydrogen) atoms. The molecule has 100 valence electrons. The van der Waals surface area contributed by atoms with Gasteiger partial charge in [-0.05, 0) is 49.8 Å². The fraction of sp³-hybridized carbons (Fsp3) is 0.571. The van der Waals surface area contributed by atoms with E-state index in [1.807, 2.05) is 25.2 Å². The Hall–Kier alpha value is 0.110. The minimum absolute atomic E-state index is 0.452. The quantitative estimate of drug-likeness (QED) is 0.884. The summed E-state index contributed by atoms with van der Waals surface area (Å²) in [5.41, 5.74) is 1.08. The predicted molar refractivity (Wildman–Crippen MR) is 83.1 cm³/mol. The number of likely N-dealkylation sites (N-methyl/N-ethyl adjacent to an activating group) is 1. The van der Waals surface area contributed by atoms with E-state index in [0.29, 0.717) is 11.3 Å². The molecule has 0 aliphatic carbocycles. The first-order chi connectivity index (χ1) is 8.72. The van der Waals surface area contributed by atoms with Gasteiger partial charge in [-0.2, -0.15) is 11.8 Å². The minimum atomic E-state index is 0.452. The van der Waals surface area contributed by atoms with Gasteiger partial charge in [0, 0.05) is 21.3 Å². The van der Waals surface area contributed by atoms with E-state index in [1.165, 1.54) is 25.0 Å². The molecule has 1 N–H and O–H groups in total. The van der Waals surface area contributed by atoms with E-state index in [-0.39, 0.29) is 0 Å². The molecule has 1 aromatic carbocycles. The monoisotopic (exact) mass is 303 g/mol. The molecule has 2 unspecified atom stereocenters. The van der Waals surface area contributed by atoms with E-state index in [9.17, 15) is 0 Å². The molecule has 0 aromatic heterocycles. The largest absolute Gasteiger partial charge is 0.316 e. The van der Waals surface area contributed by atoms with Crippen molar-refractivity contribution in [1.82, 2.24) is 5.32 Å². The zero-order chi connectivity index (χ0) is 13.0. The summed E-state index contributed by atoms with van der Waals surface area (Å²) in [4.78, 5) is 0. The molecular formula is C14H19Cl2NS. The van der Waals surface area contributed by atoms with Crippen molar-refractivity contribution >= 4 is 35.0 Å². The Morgan fingerprint density at radius 2 is 2.06 bits per heavy atom. The lowest BCUT2D eigenvalue weighted by Gasteiger charge is -2.30. The van der Waals surface area contributed by atoms with Crippen LogP contribution < -0.4 is 5.32 Å². The highest BCUT2D eigenvalue weighted by molar-refractivity contribution is 8.00. The van der Waals surface area contributed by atoms with Gasteiger partial charge in [0.15, 0.2) is 0 Å². The molecule has 1 saturated heterocycles. The van der Waals surface area contributed by atoms with Gasteiger partial charge in [0.05, 0.1) is 0 Å². The van der Waals surface area contributed by atoms with Crippen LogP contribution in [0.3, 0.4) is 0 Å². The topological polar surface area (TPSA) is 12.0 Å². The van der Waals surface area contributed by atoms with Gasteiger partial charge < -0.3 is 5.32 Å². The number of hydrogen-bond donors (Lipinski definition) is 1. The zero-order valence-electron chi connectivity index (χ0n) is 10.6. The molecular weight excluding hydrogens is 285 g/mol. The zero-order valence-corrected chi connectivity index (χ0v) is 12.9. The van der Waals surface area contributed by atoms with E-state index in [4.69, 9.17) is 23.2 Å². The number of nitrogens with one attached hydrogen (secondary N) is 1. The molecule has 1 aliphatic rings. The maximum absolute atomic E-state index is 6.25. The van der Waals surface area contributed by atoms with E-state index in [1.54, 1.807) is 0 Å². The molecule has 1 aliphatic heterocycles. The third kappa shape index (κ3) is 3.57. The van der Waals surface area contributed by atoms with Crippen LogP contribution in [0.25, 0.3) is 0 Å². The highest BCUT2D eigenvalue weighted by Gasteiger charge is 2.24. The van der Waals surface area contributed by atoms with Crippen molar-refractivity contribution in [2.45, 2.75) is 37.0 Å². The molecule has 2 atom stereocenters. The van der Waals surface area contributed by atoms with Crippen molar-refractivity contribution in [2.75, 3.05) is 12.8 Å². The molecule has 1 fully saturated rings. The standard InChI is InChI=1S/C14H19Cl2NS/c1-17-13(14-7-2-3-8-18-14)9-10-11(15)5-4-6-12(10)16/h4-6,13-14,17H,2-3,7-9H2,1H3. The summed E-state index contributed by atoms with van der Waals surface area (Å²) in [7, 11) is 2.03. The first kappa shape index (κ1) is 14.5. The van der Waals surface area contributed by atoms with Crippen LogP contribution in [0.15, 0.2) is 18.2 Å². The Balaban J connectivity index is 2.09. The van der Waals surface area contributed by atoms with Crippen molar-refractivity contribution < 1.29 is 0 Å². The van der Waals surface area contributed by atoms with Gasteiger partial charge in [-0.15, -0.1) is 0 Å². The molecule has 4 heteroatoms. The fourth-order valence-corrected chi connectivity index (χ4v) is 4.47. The van der Waals surface area contributed by atoms with Crippen LogP contribution in [0.5, 0.6) is 0 Å². The average molecular weight is 304 g/mol. The van der Waals surface area contributed by atoms with Crippen molar-refractivity contribution in [3.05, 3.63) is 33.8 Å². The summed E-state index contributed by atoms with van der Waals surface area (Å²) in [5.74, 6) is 1.28. The summed E-state index contributed by atoms with van der Waals surface area (Å²) in [6.45, 7) is 0. The molecule has 2 rings (SSSR count). The maximum Gasteiger partial charge on any atom is 0.0453 e. The summed E-state index contributed by atoms with van der Waals surface area (Å²) in [6, 6.07) is 6.19. The van der Waals surface area contributed by atoms with Crippen molar-refractivity contribution in [2.24, 2.45) is 0 Å². The van der Waals surface area contributed by atoms with Gasteiger partial charge in [-0.25, -0.2) is 0 Å². The molecule has 0 amide bonds. The second-order valence-electron chi connectivity index (χ2n) is 4.70. The van der Waals surface area contributed by atoms with Gasteiger partial charge in [0.25, 0.3) is 0 Å². The smallest absolute Gasteiger partial charge is 0.0453 e. The van der Waals surface area contributed by atoms with Gasteiger partial charge in [0.2, 0.25) is 0 Å². The average Bonchev–Trinajstić information content (AvgIpc) is 2.40. The second-order valence-corrected chi connectivity index (χ2v) is 6.87. The third-order valence-electron chi connectivity index (χ3n) is 3.52. The highest BCUT2D eigenvalue weighted by Crippen LogP contribution is 2.32. The first-order valence-corrected chi connectivity index (χ1v) is 8.24. The molecule has 0 bridgehead atoms. The second kappa shape index (κ2) is 7.04. The van der Waals surface area contributed by atoms with Crippen LogP contribution >= 0.6 is 35.0 Å². The Kier molecular flexibility index (Phi) is 5.68. The lowest BCUT2D eigenvalue weighted by atomic mass is 9.99. The highest BCUT2D eigenvalue weighted by atomic mass is 35.5. The number of hydrogen-bond acceptors (Lipinski definition) is 2. The van der Waals surface area contributed by atoms with Crippen molar-refractivity contribution in [1.29, 1.82) is 0 Å². The van der Waals surface area contributed by atoms with Gasteiger partial charge in [-0.1, -0.05) is 35.7 Å².